The number of piperidine rings is 1. The number of nitriles is 1. The van der Waals surface area contributed by atoms with E-state index in [2.05, 4.69) is 6.07 Å². The molecule has 14 heavy (non-hydrogen) atoms. The molecule has 1 fully saturated rings. The Morgan fingerprint density at radius 2 is 1.57 bits per heavy atom. The number of halogens is 1. The molecule has 0 unspecified atom stereocenters. The maximum atomic E-state index is 9.90. The molecule has 0 amide bonds. The van der Waals surface area contributed by atoms with Crippen LogP contribution in [0.4, 0.5) is 0 Å². The molecular weight excluding hydrogens is 200 g/mol. The summed E-state index contributed by atoms with van der Waals surface area (Å²) in [5, 5.41) is 20.2. The first-order valence-electron chi connectivity index (χ1n) is 4.68. The highest BCUT2D eigenvalue weighted by molar-refractivity contribution is 5.85. The lowest BCUT2D eigenvalue weighted by Gasteiger charge is -2.50. The van der Waals surface area contributed by atoms with Gasteiger partial charge in [-0.05, 0) is 40.5 Å². The van der Waals surface area contributed by atoms with Crippen LogP contribution in [0.3, 0.4) is 0 Å². The summed E-state index contributed by atoms with van der Waals surface area (Å²) in [5.74, 6) is 0.0633. The van der Waals surface area contributed by atoms with Crippen LogP contribution in [0.5, 0.6) is 0 Å². The molecule has 0 bridgehead atoms. The molecule has 0 aromatic heterocycles. The molecule has 0 spiro atoms. The van der Waals surface area contributed by atoms with Crippen LogP contribution in [-0.4, -0.2) is 21.3 Å². The molecule has 1 heterocycles. The van der Waals surface area contributed by atoms with Gasteiger partial charge in [-0.25, -0.2) is 0 Å². The molecule has 0 aromatic rings. The zero-order chi connectivity index (χ0) is 10.3. The van der Waals surface area contributed by atoms with Crippen molar-refractivity contribution in [1.29, 1.82) is 5.26 Å². The van der Waals surface area contributed by atoms with Crippen molar-refractivity contribution in [2.75, 3.05) is 0 Å². The van der Waals surface area contributed by atoms with Gasteiger partial charge in [-0.3, -0.25) is 0 Å². The van der Waals surface area contributed by atoms with Gasteiger partial charge in [0.2, 0.25) is 0 Å². The van der Waals surface area contributed by atoms with E-state index < -0.39 is 0 Å². The second-order valence-electron chi connectivity index (χ2n) is 5.17. The highest BCUT2D eigenvalue weighted by atomic mass is 35.5. The van der Waals surface area contributed by atoms with Gasteiger partial charge >= 0.3 is 0 Å². The summed E-state index contributed by atoms with van der Waals surface area (Å²) in [6, 6.07) is 2.30. The topological polar surface area (TPSA) is 47.3 Å². The van der Waals surface area contributed by atoms with Crippen LogP contribution in [0.25, 0.3) is 0 Å². The third kappa shape index (κ3) is 2.38. The van der Waals surface area contributed by atoms with E-state index in [-0.39, 0.29) is 29.4 Å². The summed E-state index contributed by atoms with van der Waals surface area (Å²) < 4.78 is 0. The maximum absolute atomic E-state index is 9.90. The standard InChI is InChI=1S/C10H18N2O.ClH/c1-9(2)5-8(7-11)6-10(3,4)12(9)13;/h8,13H,5-6H2,1-4H3;1H. The molecule has 0 saturated carbocycles. The van der Waals surface area contributed by atoms with Crippen molar-refractivity contribution in [3.8, 4) is 6.07 Å². The normalized spacial score (nSPS) is 26.3. The molecule has 3 nitrogen and oxygen atoms in total. The number of hydrogen-bond acceptors (Lipinski definition) is 3. The Labute approximate surface area is 92.1 Å². The molecule has 1 aliphatic rings. The van der Waals surface area contributed by atoms with E-state index in [0.29, 0.717) is 0 Å². The minimum Gasteiger partial charge on any atom is -0.313 e. The predicted octanol–water partition coefficient (Wildman–Crippen LogP) is 2.59. The van der Waals surface area contributed by atoms with E-state index in [1.165, 1.54) is 5.06 Å². The Bertz CT molecular complexity index is 227. The summed E-state index contributed by atoms with van der Waals surface area (Å²) in [6.45, 7) is 7.88. The first-order valence-corrected chi connectivity index (χ1v) is 4.68. The van der Waals surface area contributed by atoms with Crippen LogP contribution in [0.1, 0.15) is 40.5 Å². The van der Waals surface area contributed by atoms with E-state index in [1.54, 1.807) is 0 Å². The van der Waals surface area contributed by atoms with Gasteiger partial charge < -0.3 is 5.21 Å². The fourth-order valence-electron chi connectivity index (χ4n) is 2.36. The summed E-state index contributed by atoms with van der Waals surface area (Å²) >= 11 is 0. The quantitative estimate of drug-likeness (QED) is 0.680. The number of nitrogens with zero attached hydrogens (tertiary/aromatic N) is 2. The number of hydrogen-bond donors (Lipinski definition) is 1. The lowest BCUT2D eigenvalue weighted by molar-refractivity contribution is -0.247. The molecule has 4 heteroatoms. The van der Waals surface area contributed by atoms with Gasteiger partial charge in [0.05, 0.1) is 6.07 Å². The van der Waals surface area contributed by atoms with Crippen molar-refractivity contribution < 1.29 is 5.21 Å². The average Bonchev–Trinajstić information content (AvgIpc) is 1.99. The van der Waals surface area contributed by atoms with Crippen molar-refractivity contribution in [2.24, 2.45) is 5.92 Å². The van der Waals surface area contributed by atoms with Gasteiger partial charge in [0, 0.05) is 17.0 Å². The summed E-state index contributed by atoms with van der Waals surface area (Å²) in [4.78, 5) is 0. The monoisotopic (exact) mass is 218 g/mol. The molecular formula is C10H19ClN2O. The largest absolute Gasteiger partial charge is 0.313 e. The molecule has 1 rings (SSSR count). The smallest absolute Gasteiger partial charge is 0.0657 e. The van der Waals surface area contributed by atoms with E-state index >= 15 is 0 Å². The molecule has 82 valence electrons. The fraction of sp³-hybridized carbons (Fsp3) is 0.900. The molecule has 0 atom stereocenters. The third-order valence-corrected chi connectivity index (χ3v) is 2.82. The van der Waals surface area contributed by atoms with Crippen molar-refractivity contribution in [3.63, 3.8) is 0 Å². The summed E-state index contributed by atoms with van der Waals surface area (Å²) in [7, 11) is 0. The Morgan fingerprint density at radius 1 is 1.21 bits per heavy atom. The second-order valence-corrected chi connectivity index (χ2v) is 5.17. The highest BCUT2D eigenvalue weighted by Crippen LogP contribution is 2.39. The maximum Gasteiger partial charge on any atom is 0.0657 e. The molecule has 1 saturated heterocycles. The molecule has 0 aliphatic carbocycles. The van der Waals surface area contributed by atoms with Crippen LogP contribution in [-0.2, 0) is 0 Å². The molecule has 0 aromatic carbocycles. The Balaban J connectivity index is 0.00000169. The fourth-order valence-corrected chi connectivity index (χ4v) is 2.36. The van der Waals surface area contributed by atoms with E-state index in [0.717, 1.165) is 12.8 Å². The van der Waals surface area contributed by atoms with E-state index in [1.807, 2.05) is 27.7 Å². The lowest BCUT2D eigenvalue weighted by atomic mass is 9.76. The minimum atomic E-state index is -0.290. The van der Waals surface area contributed by atoms with Gasteiger partial charge in [-0.15, -0.1) is 12.4 Å². The third-order valence-electron chi connectivity index (χ3n) is 2.82. The SMILES string of the molecule is CC1(C)CC(C#N)CC(C)(C)N1O.Cl. The zero-order valence-corrected chi connectivity index (χ0v) is 10.1. The Morgan fingerprint density at radius 3 is 1.86 bits per heavy atom. The zero-order valence-electron chi connectivity index (χ0n) is 9.24. The van der Waals surface area contributed by atoms with Crippen molar-refractivity contribution in [1.82, 2.24) is 5.06 Å². The van der Waals surface area contributed by atoms with Crippen LogP contribution in [0.15, 0.2) is 0 Å². The van der Waals surface area contributed by atoms with Crippen molar-refractivity contribution in [3.05, 3.63) is 0 Å². The van der Waals surface area contributed by atoms with Crippen molar-refractivity contribution >= 4 is 12.4 Å². The van der Waals surface area contributed by atoms with E-state index in [4.69, 9.17) is 5.26 Å². The van der Waals surface area contributed by atoms with Gasteiger partial charge in [0.1, 0.15) is 0 Å². The number of hydroxylamine groups is 2. The minimum absolute atomic E-state index is 0. The van der Waals surface area contributed by atoms with Gasteiger partial charge in [-0.2, -0.15) is 10.3 Å². The first-order chi connectivity index (χ1) is 5.79. The predicted molar refractivity (Wildman–Crippen MR) is 57.4 cm³/mol. The Hall–Kier alpha value is -0.300. The average molecular weight is 219 g/mol. The molecule has 0 radical (unpaired) electrons. The van der Waals surface area contributed by atoms with Crippen LogP contribution in [0.2, 0.25) is 0 Å². The Kier molecular flexibility index (Phi) is 3.97. The summed E-state index contributed by atoms with van der Waals surface area (Å²) in [5.41, 5.74) is -0.579. The van der Waals surface area contributed by atoms with Crippen LogP contribution in [0, 0.1) is 17.2 Å². The van der Waals surface area contributed by atoms with Crippen molar-refractivity contribution in [2.45, 2.75) is 51.6 Å². The summed E-state index contributed by atoms with van der Waals surface area (Å²) in [6.07, 6.45) is 1.48. The highest BCUT2D eigenvalue weighted by Gasteiger charge is 2.44. The van der Waals surface area contributed by atoms with E-state index in [9.17, 15) is 5.21 Å². The first kappa shape index (κ1) is 13.7. The molecule has 1 N–H and O–H groups in total. The van der Waals surface area contributed by atoms with Crippen LogP contribution >= 0.6 is 12.4 Å². The second kappa shape index (κ2) is 4.06. The van der Waals surface area contributed by atoms with Gasteiger partial charge in [-0.1, -0.05) is 0 Å². The van der Waals surface area contributed by atoms with Gasteiger partial charge in [0.25, 0.3) is 0 Å². The molecule has 1 aliphatic heterocycles. The van der Waals surface area contributed by atoms with Gasteiger partial charge in [0.15, 0.2) is 0 Å². The lowest BCUT2D eigenvalue weighted by Crippen LogP contribution is -2.58. The van der Waals surface area contributed by atoms with Crippen LogP contribution < -0.4 is 0 Å². The number of rotatable bonds is 0.